The van der Waals surface area contributed by atoms with Gasteiger partial charge in [0.05, 0.1) is 0 Å². The highest BCUT2D eigenvalue weighted by Gasteiger charge is 2.05. The minimum atomic E-state index is 0.412. The van der Waals surface area contributed by atoms with Crippen LogP contribution in [0.3, 0.4) is 0 Å². The molecule has 0 aliphatic heterocycles. The summed E-state index contributed by atoms with van der Waals surface area (Å²) in [5.74, 6) is 0. The smallest absolute Gasteiger partial charge is 0.0326 e. The summed E-state index contributed by atoms with van der Waals surface area (Å²) >= 11 is 0. The summed E-state index contributed by atoms with van der Waals surface area (Å²) < 4.78 is 0. The zero-order valence-corrected chi connectivity index (χ0v) is 12.1. The second kappa shape index (κ2) is 12.5. The van der Waals surface area contributed by atoms with Crippen molar-refractivity contribution < 1.29 is 0 Å². The topological polar surface area (TPSA) is 0 Å². The van der Waals surface area contributed by atoms with Crippen LogP contribution in [0.25, 0.3) is 0 Å². The van der Waals surface area contributed by atoms with Crippen molar-refractivity contribution in [2.75, 3.05) is 18.5 Å². The van der Waals surface area contributed by atoms with E-state index in [0.717, 1.165) is 0 Å². The van der Waals surface area contributed by atoms with Crippen molar-refractivity contribution in [3.05, 3.63) is 0 Å². The summed E-state index contributed by atoms with van der Waals surface area (Å²) in [7, 11) is 0.412. The van der Waals surface area contributed by atoms with Gasteiger partial charge >= 0.3 is 0 Å². The van der Waals surface area contributed by atoms with Gasteiger partial charge in [-0.1, -0.05) is 59.3 Å². The lowest BCUT2D eigenvalue weighted by molar-refractivity contribution is 0.657. The van der Waals surface area contributed by atoms with Crippen molar-refractivity contribution in [3.8, 4) is 0 Å². The fourth-order valence-corrected chi connectivity index (χ4v) is 4.71. The van der Waals surface area contributed by atoms with Crippen molar-refractivity contribution >= 4 is 7.92 Å². The lowest BCUT2D eigenvalue weighted by Gasteiger charge is -2.16. The largest absolute Gasteiger partial charge is 0.107 e. The van der Waals surface area contributed by atoms with Crippen LogP contribution in [0.4, 0.5) is 0 Å². The van der Waals surface area contributed by atoms with E-state index >= 15 is 0 Å². The molecule has 0 saturated heterocycles. The van der Waals surface area contributed by atoms with Crippen LogP contribution in [0.5, 0.6) is 0 Å². The lowest BCUT2D eigenvalue weighted by atomic mass is 10.2. The van der Waals surface area contributed by atoms with Crippen LogP contribution in [0.1, 0.15) is 72.1 Å². The Balaban J connectivity index is 3.38. The minimum absolute atomic E-state index is 0.412. The first kappa shape index (κ1) is 15.4. The maximum Gasteiger partial charge on any atom is -0.0326 e. The van der Waals surface area contributed by atoms with Crippen molar-refractivity contribution in [3.63, 3.8) is 0 Å². The normalized spacial score (nSPS) is 13.0. The molecule has 1 heteroatoms. The van der Waals surface area contributed by atoms with Crippen molar-refractivity contribution in [2.45, 2.75) is 72.1 Å². The molecular formula is C14H31P. The van der Waals surface area contributed by atoms with E-state index in [2.05, 4.69) is 20.8 Å². The molecule has 0 aliphatic rings. The summed E-state index contributed by atoms with van der Waals surface area (Å²) in [6.45, 7) is 6.96. The van der Waals surface area contributed by atoms with Gasteiger partial charge in [0.25, 0.3) is 0 Å². The summed E-state index contributed by atoms with van der Waals surface area (Å²) in [6, 6.07) is 0. The van der Waals surface area contributed by atoms with Crippen molar-refractivity contribution in [2.24, 2.45) is 0 Å². The Morgan fingerprint density at radius 2 is 1.13 bits per heavy atom. The third-order valence-corrected chi connectivity index (χ3v) is 5.92. The Bertz CT molecular complexity index is 112. The van der Waals surface area contributed by atoms with Gasteiger partial charge in [-0.15, -0.1) is 7.92 Å². The average molecular weight is 230 g/mol. The van der Waals surface area contributed by atoms with E-state index < -0.39 is 0 Å². The van der Waals surface area contributed by atoms with Crippen LogP contribution in [-0.4, -0.2) is 18.5 Å². The second-order valence-corrected chi connectivity index (χ2v) is 7.29. The van der Waals surface area contributed by atoms with E-state index in [1.165, 1.54) is 57.5 Å². The average Bonchev–Trinajstić information content (AvgIpc) is 2.25. The van der Waals surface area contributed by atoms with Gasteiger partial charge in [0, 0.05) is 0 Å². The second-order valence-electron chi connectivity index (χ2n) is 4.61. The molecule has 0 N–H and O–H groups in total. The molecule has 92 valence electrons. The molecular weight excluding hydrogens is 199 g/mol. The molecule has 0 amide bonds. The van der Waals surface area contributed by atoms with Gasteiger partial charge < -0.3 is 0 Å². The highest BCUT2D eigenvalue weighted by molar-refractivity contribution is 7.57. The van der Waals surface area contributed by atoms with Gasteiger partial charge in [-0.05, 0) is 31.3 Å². The van der Waals surface area contributed by atoms with E-state index in [1.807, 2.05) is 0 Å². The molecule has 0 aliphatic carbocycles. The van der Waals surface area contributed by atoms with E-state index in [0.29, 0.717) is 7.92 Å². The molecule has 0 nitrogen and oxygen atoms in total. The molecule has 0 fully saturated rings. The van der Waals surface area contributed by atoms with E-state index in [-0.39, 0.29) is 0 Å². The van der Waals surface area contributed by atoms with E-state index in [4.69, 9.17) is 0 Å². The molecule has 0 heterocycles. The number of unbranched alkanes of at least 4 members (excludes halogenated alkanes) is 5. The molecule has 1 unspecified atom stereocenters. The third kappa shape index (κ3) is 10.7. The van der Waals surface area contributed by atoms with Crippen LogP contribution in [0.15, 0.2) is 0 Å². The first-order valence-electron chi connectivity index (χ1n) is 7.07. The summed E-state index contributed by atoms with van der Waals surface area (Å²) in [6.07, 6.45) is 16.2. The third-order valence-electron chi connectivity index (χ3n) is 2.95. The fourth-order valence-electron chi connectivity index (χ4n) is 1.97. The van der Waals surface area contributed by atoms with Crippen LogP contribution in [0.2, 0.25) is 0 Å². The maximum absolute atomic E-state index is 2.35. The van der Waals surface area contributed by atoms with Gasteiger partial charge in [-0.3, -0.25) is 0 Å². The Labute approximate surface area is 99.0 Å². The minimum Gasteiger partial charge on any atom is -0.107 e. The van der Waals surface area contributed by atoms with Crippen LogP contribution in [-0.2, 0) is 0 Å². The molecule has 0 spiro atoms. The molecule has 0 rings (SSSR count). The number of rotatable bonds is 11. The molecule has 0 aromatic rings. The Hall–Kier alpha value is 0.430. The molecule has 15 heavy (non-hydrogen) atoms. The lowest BCUT2D eigenvalue weighted by Crippen LogP contribution is -1.95. The molecule has 0 aromatic heterocycles. The zero-order valence-electron chi connectivity index (χ0n) is 11.2. The highest BCUT2D eigenvalue weighted by Crippen LogP contribution is 2.38. The summed E-state index contributed by atoms with van der Waals surface area (Å²) in [5.41, 5.74) is 0. The van der Waals surface area contributed by atoms with Crippen molar-refractivity contribution in [1.82, 2.24) is 0 Å². The van der Waals surface area contributed by atoms with E-state index in [9.17, 15) is 0 Å². The van der Waals surface area contributed by atoms with E-state index in [1.54, 1.807) is 12.3 Å². The summed E-state index contributed by atoms with van der Waals surface area (Å²) in [5, 5.41) is 0. The summed E-state index contributed by atoms with van der Waals surface area (Å²) in [4.78, 5) is 0. The molecule has 0 radical (unpaired) electrons. The van der Waals surface area contributed by atoms with Crippen LogP contribution in [0, 0.1) is 0 Å². The Morgan fingerprint density at radius 3 is 1.73 bits per heavy atom. The van der Waals surface area contributed by atoms with Crippen molar-refractivity contribution in [1.29, 1.82) is 0 Å². The monoisotopic (exact) mass is 230 g/mol. The fraction of sp³-hybridized carbons (Fsp3) is 1.00. The highest BCUT2D eigenvalue weighted by atomic mass is 31.1. The molecule has 1 atom stereocenters. The zero-order chi connectivity index (χ0) is 11.4. The molecule has 0 bridgehead atoms. The predicted molar refractivity (Wildman–Crippen MR) is 75.5 cm³/mol. The number of hydrogen-bond acceptors (Lipinski definition) is 0. The first-order valence-corrected chi connectivity index (χ1v) is 8.97. The predicted octanol–water partition coefficient (Wildman–Crippen LogP) is 5.65. The Kier molecular flexibility index (Phi) is 12.9. The molecule has 0 saturated carbocycles. The van der Waals surface area contributed by atoms with Gasteiger partial charge in [0.15, 0.2) is 0 Å². The van der Waals surface area contributed by atoms with Gasteiger partial charge in [-0.25, -0.2) is 0 Å². The van der Waals surface area contributed by atoms with Crippen LogP contribution < -0.4 is 0 Å². The quantitative estimate of drug-likeness (QED) is 0.318. The Morgan fingerprint density at radius 1 is 0.533 bits per heavy atom. The van der Waals surface area contributed by atoms with Gasteiger partial charge in [-0.2, -0.15) is 0 Å². The SMILES string of the molecule is CCCCCCCP(CCC)CCCC. The van der Waals surface area contributed by atoms with Crippen LogP contribution >= 0.6 is 7.92 Å². The standard InChI is InChI=1S/C14H31P/c1-4-7-9-10-11-14-15(12-6-3)13-8-5-2/h4-14H2,1-3H3. The number of hydrogen-bond donors (Lipinski definition) is 0. The maximum atomic E-state index is 2.35. The van der Waals surface area contributed by atoms with Gasteiger partial charge in [0.1, 0.15) is 0 Å². The first-order chi connectivity index (χ1) is 7.35. The van der Waals surface area contributed by atoms with Gasteiger partial charge in [0.2, 0.25) is 0 Å². The molecule has 0 aromatic carbocycles.